The van der Waals surface area contributed by atoms with Crippen molar-refractivity contribution in [3.8, 4) is 0 Å². The maximum Gasteiger partial charge on any atom is 0.0299 e. The second kappa shape index (κ2) is 8.49. The lowest BCUT2D eigenvalue weighted by Crippen LogP contribution is -2.07. The summed E-state index contributed by atoms with van der Waals surface area (Å²) in [5, 5.41) is 0. The third-order valence-electron chi connectivity index (χ3n) is 3.78. The maximum absolute atomic E-state index is 5.75. The number of unbranched alkanes of at least 4 members (excludes halogenated alkanes) is 1. The largest absolute Gasteiger partial charge is 0.330 e. The quantitative estimate of drug-likeness (QED) is 0.737. The van der Waals surface area contributed by atoms with E-state index in [0.717, 1.165) is 19.4 Å². The molecule has 0 saturated heterocycles. The normalized spacial score (nSPS) is 12.2. The van der Waals surface area contributed by atoms with E-state index in [0.29, 0.717) is 5.92 Å². The number of rotatable bonds is 8. The highest BCUT2D eigenvalue weighted by atomic mass is 14.6. The average Bonchev–Trinajstić information content (AvgIpc) is 2.52. The van der Waals surface area contributed by atoms with Crippen LogP contribution in [0.3, 0.4) is 0 Å². The van der Waals surface area contributed by atoms with Gasteiger partial charge in [-0.05, 0) is 55.3 Å². The molecule has 2 heteroatoms. The van der Waals surface area contributed by atoms with Crippen molar-refractivity contribution in [2.45, 2.75) is 38.0 Å². The van der Waals surface area contributed by atoms with E-state index >= 15 is 0 Å². The zero-order valence-corrected chi connectivity index (χ0v) is 12.0. The van der Waals surface area contributed by atoms with Crippen molar-refractivity contribution in [3.05, 3.63) is 66.0 Å². The van der Waals surface area contributed by atoms with Crippen molar-refractivity contribution in [1.82, 2.24) is 4.98 Å². The van der Waals surface area contributed by atoms with Crippen molar-refractivity contribution < 1.29 is 0 Å². The molecular weight excluding hydrogens is 244 g/mol. The number of aryl methyl sites for hydroxylation is 1. The van der Waals surface area contributed by atoms with E-state index < -0.39 is 0 Å². The minimum Gasteiger partial charge on any atom is -0.330 e. The van der Waals surface area contributed by atoms with Gasteiger partial charge in [-0.3, -0.25) is 4.98 Å². The molecular formula is C18H24N2. The monoisotopic (exact) mass is 268 g/mol. The summed E-state index contributed by atoms with van der Waals surface area (Å²) < 4.78 is 0. The van der Waals surface area contributed by atoms with Crippen LogP contribution in [0.5, 0.6) is 0 Å². The number of benzene rings is 1. The van der Waals surface area contributed by atoms with E-state index in [-0.39, 0.29) is 0 Å². The van der Waals surface area contributed by atoms with Gasteiger partial charge in [-0.1, -0.05) is 42.8 Å². The van der Waals surface area contributed by atoms with Gasteiger partial charge in [-0.25, -0.2) is 0 Å². The molecule has 2 N–H and O–H groups in total. The molecule has 0 aliphatic carbocycles. The van der Waals surface area contributed by atoms with Crippen LogP contribution < -0.4 is 5.73 Å². The molecule has 0 saturated carbocycles. The van der Waals surface area contributed by atoms with Gasteiger partial charge in [-0.2, -0.15) is 0 Å². The summed E-state index contributed by atoms with van der Waals surface area (Å²) in [5.41, 5.74) is 8.52. The topological polar surface area (TPSA) is 38.9 Å². The summed E-state index contributed by atoms with van der Waals surface area (Å²) in [7, 11) is 0. The summed E-state index contributed by atoms with van der Waals surface area (Å²) in [5.74, 6) is 0.607. The third-order valence-corrected chi connectivity index (χ3v) is 3.78. The Morgan fingerprint density at radius 3 is 2.50 bits per heavy atom. The van der Waals surface area contributed by atoms with Gasteiger partial charge in [0.2, 0.25) is 0 Å². The molecule has 2 aromatic rings. The molecule has 0 radical (unpaired) electrons. The first-order valence-corrected chi connectivity index (χ1v) is 7.54. The predicted octanol–water partition coefficient (Wildman–Crippen LogP) is 3.93. The van der Waals surface area contributed by atoms with Gasteiger partial charge in [0.15, 0.2) is 0 Å². The summed E-state index contributed by atoms with van der Waals surface area (Å²) in [6.45, 7) is 0.766. The number of pyridine rings is 1. The lowest BCUT2D eigenvalue weighted by Gasteiger charge is -2.16. The number of nitrogens with two attached hydrogens (primary N) is 1. The van der Waals surface area contributed by atoms with Gasteiger partial charge in [-0.15, -0.1) is 0 Å². The van der Waals surface area contributed by atoms with E-state index in [4.69, 9.17) is 5.73 Å². The van der Waals surface area contributed by atoms with Crippen molar-refractivity contribution in [2.75, 3.05) is 6.54 Å². The molecule has 0 spiro atoms. The molecule has 1 aromatic heterocycles. The fraction of sp³-hybridized carbons (Fsp3) is 0.389. The molecule has 0 aliphatic heterocycles. The summed E-state index contributed by atoms with van der Waals surface area (Å²) >= 11 is 0. The Kier molecular flexibility index (Phi) is 6.25. The van der Waals surface area contributed by atoms with Crippen LogP contribution in [0.15, 0.2) is 54.9 Å². The maximum atomic E-state index is 5.75. The van der Waals surface area contributed by atoms with E-state index in [1.165, 1.54) is 30.4 Å². The Morgan fingerprint density at radius 1 is 0.950 bits per heavy atom. The van der Waals surface area contributed by atoms with E-state index in [2.05, 4.69) is 41.4 Å². The van der Waals surface area contributed by atoms with Gasteiger partial charge in [0.05, 0.1) is 0 Å². The Labute approximate surface area is 122 Å². The molecule has 1 heterocycles. The molecule has 1 aromatic carbocycles. The Balaban J connectivity index is 1.78. The summed E-state index contributed by atoms with van der Waals surface area (Å²) in [6.07, 6.45) is 9.69. The van der Waals surface area contributed by atoms with Crippen molar-refractivity contribution in [2.24, 2.45) is 5.73 Å². The molecule has 0 amide bonds. The second-order valence-electron chi connectivity index (χ2n) is 5.29. The molecule has 106 valence electrons. The van der Waals surface area contributed by atoms with Crippen molar-refractivity contribution in [3.63, 3.8) is 0 Å². The summed E-state index contributed by atoms with van der Waals surface area (Å²) in [6, 6.07) is 14.9. The van der Waals surface area contributed by atoms with Crippen LogP contribution in [0.1, 0.15) is 42.7 Å². The van der Waals surface area contributed by atoms with Crippen molar-refractivity contribution >= 4 is 0 Å². The molecule has 2 rings (SSSR count). The smallest absolute Gasteiger partial charge is 0.0299 e. The van der Waals surface area contributed by atoms with Crippen LogP contribution in [-0.4, -0.2) is 11.5 Å². The van der Waals surface area contributed by atoms with Gasteiger partial charge in [0.1, 0.15) is 0 Å². The van der Waals surface area contributed by atoms with Gasteiger partial charge in [0.25, 0.3) is 0 Å². The van der Waals surface area contributed by atoms with Gasteiger partial charge >= 0.3 is 0 Å². The lowest BCUT2D eigenvalue weighted by atomic mass is 9.90. The van der Waals surface area contributed by atoms with Crippen LogP contribution >= 0.6 is 0 Å². The molecule has 1 atom stereocenters. The van der Waals surface area contributed by atoms with E-state index in [1.54, 1.807) is 0 Å². The van der Waals surface area contributed by atoms with Crippen molar-refractivity contribution in [1.29, 1.82) is 0 Å². The summed E-state index contributed by atoms with van der Waals surface area (Å²) in [4.78, 5) is 4.16. The average molecular weight is 268 g/mol. The van der Waals surface area contributed by atoms with Crippen LogP contribution in [0.2, 0.25) is 0 Å². The first-order chi connectivity index (χ1) is 9.90. The number of aromatic nitrogens is 1. The number of hydrogen-bond acceptors (Lipinski definition) is 2. The van der Waals surface area contributed by atoms with E-state index in [1.807, 2.05) is 18.5 Å². The third kappa shape index (κ3) is 4.78. The zero-order chi connectivity index (χ0) is 14.0. The van der Waals surface area contributed by atoms with Crippen LogP contribution in [0, 0.1) is 0 Å². The number of hydrogen-bond donors (Lipinski definition) is 1. The highest BCUT2D eigenvalue weighted by Crippen LogP contribution is 2.25. The second-order valence-corrected chi connectivity index (χ2v) is 5.29. The molecule has 0 fully saturated rings. The van der Waals surface area contributed by atoms with Crippen LogP contribution in [0.4, 0.5) is 0 Å². The molecule has 20 heavy (non-hydrogen) atoms. The van der Waals surface area contributed by atoms with Crippen LogP contribution in [-0.2, 0) is 6.42 Å². The standard InChI is InChI=1S/C18H24N2/c19-13-12-18(17-9-2-1-3-10-17)11-5-4-7-16-8-6-14-20-15-16/h1-3,6,8-10,14-15,18H,4-5,7,11-13,19H2. The highest BCUT2D eigenvalue weighted by molar-refractivity contribution is 5.19. The molecule has 0 aliphatic rings. The number of nitrogens with zero attached hydrogens (tertiary/aromatic N) is 1. The fourth-order valence-corrected chi connectivity index (χ4v) is 2.67. The SMILES string of the molecule is NCCC(CCCCc1cccnc1)c1ccccc1. The van der Waals surface area contributed by atoms with Gasteiger partial charge in [0, 0.05) is 12.4 Å². The minimum atomic E-state index is 0.607. The first kappa shape index (κ1) is 14.7. The Hall–Kier alpha value is -1.67. The minimum absolute atomic E-state index is 0.607. The lowest BCUT2D eigenvalue weighted by molar-refractivity contribution is 0.543. The molecule has 2 nitrogen and oxygen atoms in total. The Bertz CT molecular complexity index is 467. The first-order valence-electron chi connectivity index (χ1n) is 7.54. The molecule has 0 bridgehead atoms. The van der Waals surface area contributed by atoms with E-state index in [9.17, 15) is 0 Å². The van der Waals surface area contributed by atoms with Crippen LogP contribution in [0.25, 0.3) is 0 Å². The Morgan fingerprint density at radius 2 is 1.80 bits per heavy atom. The zero-order valence-electron chi connectivity index (χ0n) is 12.0. The predicted molar refractivity (Wildman–Crippen MR) is 84.6 cm³/mol. The van der Waals surface area contributed by atoms with Gasteiger partial charge < -0.3 is 5.73 Å². The fourth-order valence-electron chi connectivity index (χ4n) is 2.67. The highest BCUT2D eigenvalue weighted by Gasteiger charge is 2.09. The molecule has 1 unspecified atom stereocenters.